The van der Waals surface area contributed by atoms with E-state index in [-0.39, 0.29) is 10.6 Å². The fourth-order valence-corrected chi connectivity index (χ4v) is 1.88. The van der Waals surface area contributed by atoms with Crippen molar-refractivity contribution in [3.05, 3.63) is 28.8 Å². The maximum absolute atomic E-state index is 10.8. The van der Waals surface area contributed by atoms with Crippen molar-refractivity contribution in [1.29, 1.82) is 0 Å². The minimum atomic E-state index is -1.02. The van der Waals surface area contributed by atoms with E-state index in [1.54, 1.807) is 12.1 Å². The average molecular weight is 257 g/mol. The molecule has 1 aromatic rings. The molecule has 0 bridgehead atoms. The molecule has 0 saturated carbocycles. The average Bonchev–Trinajstić information content (AvgIpc) is 2.30. The molecule has 0 atom stereocenters. The van der Waals surface area contributed by atoms with Crippen LogP contribution in [0.5, 0.6) is 0 Å². The van der Waals surface area contributed by atoms with E-state index in [0.717, 1.165) is 18.8 Å². The Kier molecular flexibility index (Phi) is 3.83. The van der Waals surface area contributed by atoms with Gasteiger partial charge in [0, 0.05) is 13.1 Å². The van der Waals surface area contributed by atoms with Crippen molar-refractivity contribution in [2.24, 2.45) is 0 Å². The Labute approximate surface area is 104 Å². The van der Waals surface area contributed by atoms with E-state index in [1.807, 2.05) is 5.01 Å². The molecule has 92 valence electrons. The molecule has 0 unspecified atom stereocenters. The predicted molar refractivity (Wildman–Crippen MR) is 64.4 cm³/mol. The van der Waals surface area contributed by atoms with Crippen LogP contribution in [0.15, 0.2) is 18.2 Å². The zero-order chi connectivity index (χ0) is 12.3. The lowest BCUT2D eigenvalue weighted by atomic mass is 10.2. The molecule has 0 spiro atoms. The maximum atomic E-state index is 10.8. The molecule has 5 nitrogen and oxygen atoms in total. The fourth-order valence-electron chi connectivity index (χ4n) is 1.62. The summed E-state index contributed by atoms with van der Waals surface area (Å²) >= 11 is 5.88. The predicted octanol–water partition coefficient (Wildman–Crippen LogP) is 1.70. The highest BCUT2D eigenvalue weighted by Crippen LogP contribution is 2.21. The van der Waals surface area contributed by atoms with Crippen LogP contribution < -0.4 is 5.43 Å². The first-order chi connectivity index (χ1) is 8.16. The van der Waals surface area contributed by atoms with Gasteiger partial charge in [-0.3, -0.25) is 0 Å². The summed E-state index contributed by atoms with van der Waals surface area (Å²) < 4.78 is 5.23. The van der Waals surface area contributed by atoms with E-state index >= 15 is 0 Å². The minimum Gasteiger partial charge on any atom is -0.478 e. The van der Waals surface area contributed by atoms with Crippen molar-refractivity contribution < 1.29 is 14.6 Å². The van der Waals surface area contributed by atoms with Crippen molar-refractivity contribution in [1.82, 2.24) is 5.01 Å². The molecule has 1 heterocycles. The van der Waals surface area contributed by atoms with Gasteiger partial charge in [0.15, 0.2) is 0 Å². The number of aromatic carboxylic acids is 1. The van der Waals surface area contributed by atoms with Crippen molar-refractivity contribution >= 4 is 23.3 Å². The molecule has 17 heavy (non-hydrogen) atoms. The van der Waals surface area contributed by atoms with E-state index < -0.39 is 5.97 Å². The summed E-state index contributed by atoms with van der Waals surface area (Å²) in [7, 11) is 0. The topological polar surface area (TPSA) is 61.8 Å². The van der Waals surface area contributed by atoms with Gasteiger partial charge in [0.2, 0.25) is 0 Å². The number of hydrazine groups is 1. The molecule has 2 rings (SSSR count). The first-order valence-electron chi connectivity index (χ1n) is 5.29. The number of carboxylic acid groups (broad SMARTS) is 1. The van der Waals surface area contributed by atoms with Crippen LogP contribution in [0.1, 0.15) is 10.4 Å². The summed E-state index contributed by atoms with van der Waals surface area (Å²) in [4.78, 5) is 10.8. The smallest absolute Gasteiger partial charge is 0.337 e. The third kappa shape index (κ3) is 3.09. The third-order valence-electron chi connectivity index (χ3n) is 2.50. The van der Waals surface area contributed by atoms with Gasteiger partial charge in [-0.15, -0.1) is 0 Å². The summed E-state index contributed by atoms with van der Waals surface area (Å²) in [5.41, 5.74) is 4.05. The molecule has 0 aliphatic carbocycles. The van der Waals surface area contributed by atoms with Gasteiger partial charge in [-0.25, -0.2) is 9.80 Å². The van der Waals surface area contributed by atoms with E-state index in [9.17, 15) is 4.79 Å². The fraction of sp³-hybridized carbons (Fsp3) is 0.364. The van der Waals surface area contributed by atoms with Gasteiger partial charge in [-0.2, -0.15) is 0 Å². The molecular formula is C11H13ClN2O3. The molecule has 1 aromatic carbocycles. The normalized spacial score (nSPS) is 16.8. The molecule has 1 aliphatic heterocycles. The standard InChI is InChI=1S/C11H13ClN2O3/c12-10-7-8(1-2-9(10)11(15)16)13-14-3-5-17-6-4-14/h1-2,7,13H,3-6H2,(H,15,16). The Morgan fingerprint density at radius 3 is 2.71 bits per heavy atom. The van der Waals surface area contributed by atoms with Gasteiger partial charge in [0.25, 0.3) is 0 Å². The highest BCUT2D eigenvalue weighted by Gasteiger charge is 2.12. The number of nitrogens with zero attached hydrogens (tertiary/aromatic N) is 1. The van der Waals surface area contributed by atoms with E-state index in [1.165, 1.54) is 6.07 Å². The third-order valence-corrected chi connectivity index (χ3v) is 2.81. The molecule has 1 saturated heterocycles. The van der Waals surface area contributed by atoms with E-state index in [2.05, 4.69) is 5.43 Å². The molecule has 6 heteroatoms. The highest BCUT2D eigenvalue weighted by molar-refractivity contribution is 6.33. The van der Waals surface area contributed by atoms with Crippen LogP contribution in [-0.2, 0) is 4.74 Å². The number of benzene rings is 1. The van der Waals surface area contributed by atoms with Gasteiger partial charge in [-0.1, -0.05) is 11.6 Å². The Morgan fingerprint density at radius 2 is 2.12 bits per heavy atom. The molecule has 2 N–H and O–H groups in total. The Bertz CT molecular complexity index is 419. The summed E-state index contributed by atoms with van der Waals surface area (Å²) in [6.45, 7) is 2.96. The van der Waals surface area contributed by atoms with Crippen LogP contribution in [0.3, 0.4) is 0 Å². The van der Waals surface area contributed by atoms with E-state index in [0.29, 0.717) is 13.2 Å². The van der Waals surface area contributed by atoms with Crippen molar-refractivity contribution in [2.75, 3.05) is 31.7 Å². The SMILES string of the molecule is O=C(O)c1ccc(NN2CCOCC2)cc1Cl. The number of anilines is 1. The number of ether oxygens (including phenoxy) is 1. The lowest BCUT2D eigenvalue weighted by Crippen LogP contribution is -2.40. The number of rotatable bonds is 3. The number of halogens is 1. The van der Waals surface area contributed by atoms with Crippen LogP contribution in [0.4, 0.5) is 5.69 Å². The Morgan fingerprint density at radius 1 is 1.41 bits per heavy atom. The zero-order valence-corrected chi connectivity index (χ0v) is 9.91. The Balaban J connectivity index is 2.06. The van der Waals surface area contributed by atoms with Gasteiger partial charge >= 0.3 is 5.97 Å². The van der Waals surface area contributed by atoms with Crippen LogP contribution in [0.2, 0.25) is 5.02 Å². The number of hydrogen-bond donors (Lipinski definition) is 2. The van der Waals surface area contributed by atoms with Gasteiger partial charge in [0.1, 0.15) is 0 Å². The highest BCUT2D eigenvalue weighted by atomic mass is 35.5. The zero-order valence-electron chi connectivity index (χ0n) is 9.15. The van der Waals surface area contributed by atoms with Crippen molar-refractivity contribution in [2.45, 2.75) is 0 Å². The second-order valence-corrected chi connectivity index (χ2v) is 4.12. The Hall–Kier alpha value is -1.30. The number of morpholine rings is 1. The monoisotopic (exact) mass is 256 g/mol. The van der Waals surface area contributed by atoms with Crippen LogP contribution in [0.25, 0.3) is 0 Å². The molecular weight excluding hydrogens is 244 g/mol. The second-order valence-electron chi connectivity index (χ2n) is 3.71. The van der Waals surface area contributed by atoms with Crippen LogP contribution in [0, 0.1) is 0 Å². The summed E-state index contributed by atoms with van der Waals surface area (Å²) in [5.74, 6) is -1.02. The number of carbonyl (C=O) groups is 1. The number of carboxylic acids is 1. The summed E-state index contributed by atoms with van der Waals surface area (Å²) in [6, 6.07) is 4.80. The molecule has 1 fully saturated rings. The molecule has 0 aromatic heterocycles. The van der Waals surface area contributed by atoms with Gasteiger partial charge in [0.05, 0.1) is 29.5 Å². The summed E-state index contributed by atoms with van der Waals surface area (Å²) in [5, 5.41) is 11.1. The number of hydrogen-bond acceptors (Lipinski definition) is 4. The largest absolute Gasteiger partial charge is 0.478 e. The molecule has 0 amide bonds. The molecule has 0 radical (unpaired) electrons. The lowest BCUT2D eigenvalue weighted by molar-refractivity contribution is 0.0497. The number of nitrogens with one attached hydrogen (secondary N) is 1. The van der Waals surface area contributed by atoms with Crippen LogP contribution >= 0.6 is 11.6 Å². The first kappa shape index (κ1) is 12.2. The van der Waals surface area contributed by atoms with Gasteiger partial charge in [-0.05, 0) is 18.2 Å². The summed E-state index contributed by atoms with van der Waals surface area (Å²) in [6.07, 6.45) is 0. The van der Waals surface area contributed by atoms with Crippen molar-refractivity contribution in [3.63, 3.8) is 0 Å². The van der Waals surface area contributed by atoms with Crippen molar-refractivity contribution in [3.8, 4) is 0 Å². The first-order valence-corrected chi connectivity index (χ1v) is 5.67. The molecule has 1 aliphatic rings. The second kappa shape index (κ2) is 5.35. The maximum Gasteiger partial charge on any atom is 0.337 e. The minimum absolute atomic E-state index is 0.110. The van der Waals surface area contributed by atoms with E-state index in [4.69, 9.17) is 21.4 Å². The lowest BCUT2D eigenvalue weighted by Gasteiger charge is -2.28. The van der Waals surface area contributed by atoms with Crippen LogP contribution in [-0.4, -0.2) is 42.4 Å². The van der Waals surface area contributed by atoms with Gasteiger partial charge < -0.3 is 15.3 Å². The quantitative estimate of drug-likeness (QED) is 0.862.